The number of nitrogens with one attached hydrogen (secondary N) is 1. The summed E-state index contributed by atoms with van der Waals surface area (Å²) in [6, 6.07) is 6.06. The van der Waals surface area contributed by atoms with Gasteiger partial charge in [-0.05, 0) is 42.3 Å². The lowest BCUT2D eigenvalue weighted by molar-refractivity contribution is -0.117. The number of anilines is 1. The first-order chi connectivity index (χ1) is 12.5. The molecule has 2 aromatic rings. The van der Waals surface area contributed by atoms with Gasteiger partial charge in [0.05, 0.1) is 16.5 Å². The van der Waals surface area contributed by atoms with Gasteiger partial charge in [0.15, 0.2) is 0 Å². The van der Waals surface area contributed by atoms with Gasteiger partial charge in [0.25, 0.3) is 0 Å². The fraction of sp³-hybridized carbons (Fsp3) is 0.222. The molecule has 0 heterocycles. The van der Waals surface area contributed by atoms with E-state index in [1.807, 2.05) is 0 Å². The largest absolute Gasteiger partial charge is 0.478 e. The highest BCUT2D eigenvalue weighted by atomic mass is 35.5. The Labute approximate surface area is 168 Å². The van der Waals surface area contributed by atoms with Crippen LogP contribution in [0.15, 0.2) is 30.3 Å². The molecule has 0 aromatic heterocycles. The molecule has 1 fully saturated rings. The fourth-order valence-electron chi connectivity index (χ4n) is 2.97. The summed E-state index contributed by atoms with van der Waals surface area (Å²) in [5, 5.41) is 11.4. The first-order valence-electron chi connectivity index (χ1n) is 7.71. The van der Waals surface area contributed by atoms with Crippen LogP contribution in [-0.4, -0.2) is 21.3 Å². The number of alkyl halides is 2. The number of carboxylic acids is 1. The van der Waals surface area contributed by atoms with Gasteiger partial charge in [-0.1, -0.05) is 17.7 Å². The van der Waals surface area contributed by atoms with Crippen LogP contribution in [-0.2, 0) is 4.79 Å². The molecule has 0 aliphatic heterocycles. The summed E-state index contributed by atoms with van der Waals surface area (Å²) in [4.78, 5) is 23.7. The quantitative estimate of drug-likeness (QED) is 0.654. The summed E-state index contributed by atoms with van der Waals surface area (Å²) < 4.78 is 25.8. The van der Waals surface area contributed by atoms with Crippen molar-refractivity contribution in [1.82, 2.24) is 0 Å². The highest BCUT2D eigenvalue weighted by Crippen LogP contribution is 2.65. The lowest BCUT2D eigenvalue weighted by Gasteiger charge is -2.09. The second-order valence-corrected chi connectivity index (χ2v) is 8.08. The number of benzene rings is 2. The molecule has 0 saturated heterocycles. The summed E-state index contributed by atoms with van der Waals surface area (Å²) in [5.74, 6) is -4.88. The van der Waals surface area contributed by atoms with Crippen molar-refractivity contribution in [2.75, 3.05) is 5.32 Å². The van der Waals surface area contributed by atoms with Gasteiger partial charge in [0.1, 0.15) is 16.0 Å². The molecule has 0 spiro atoms. The molecule has 2 atom stereocenters. The molecule has 0 radical (unpaired) electrons. The van der Waals surface area contributed by atoms with E-state index in [-0.39, 0.29) is 21.8 Å². The first kappa shape index (κ1) is 19.9. The number of aromatic carboxylic acids is 1. The van der Waals surface area contributed by atoms with Gasteiger partial charge in [-0.15, -0.1) is 23.2 Å². The van der Waals surface area contributed by atoms with Crippen LogP contribution in [0.2, 0.25) is 5.02 Å². The Bertz CT molecular complexity index is 965. The third-order valence-corrected chi connectivity index (χ3v) is 5.71. The molecule has 1 amide bonds. The summed E-state index contributed by atoms with van der Waals surface area (Å²) in [6.07, 6.45) is 0. The Hall–Kier alpha value is -1.89. The molecule has 1 saturated carbocycles. The lowest BCUT2D eigenvalue weighted by atomic mass is 10.1. The van der Waals surface area contributed by atoms with Crippen molar-refractivity contribution in [2.24, 2.45) is 5.92 Å². The van der Waals surface area contributed by atoms with Gasteiger partial charge < -0.3 is 10.4 Å². The zero-order chi connectivity index (χ0) is 20.1. The molecule has 3 rings (SSSR count). The Balaban J connectivity index is 1.84. The Morgan fingerprint density at radius 3 is 2.41 bits per heavy atom. The average molecular weight is 435 g/mol. The molecular weight excluding hydrogens is 423 g/mol. The zero-order valence-electron chi connectivity index (χ0n) is 13.7. The van der Waals surface area contributed by atoms with Crippen molar-refractivity contribution in [3.63, 3.8) is 0 Å². The maximum absolute atomic E-state index is 13.9. The van der Waals surface area contributed by atoms with E-state index in [0.29, 0.717) is 5.56 Å². The summed E-state index contributed by atoms with van der Waals surface area (Å²) >= 11 is 18.2. The van der Waals surface area contributed by atoms with E-state index in [9.17, 15) is 18.4 Å². The van der Waals surface area contributed by atoms with Crippen LogP contribution < -0.4 is 5.32 Å². The van der Waals surface area contributed by atoms with Crippen LogP contribution in [0.1, 0.15) is 27.4 Å². The minimum Gasteiger partial charge on any atom is -0.478 e. The molecular formula is C18H12Cl3F2NO3. The Morgan fingerprint density at radius 1 is 1.15 bits per heavy atom. The fourth-order valence-corrected chi connectivity index (χ4v) is 3.98. The van der Waals surface area contributed by atoms with Crippen molar-refractivity contribution in [2.45, 2.75) is 17.2 Å². The van der Waals surface area contributed by atoms with Crippen molar-refractivity contribution in [1.29, 1.82) is 0 Å². The number of halogens is 5. The first-order valence-corrected chi connectivity index (χ1v) is 8.84. The van der Waals surface area contributed by atoms with Gasteiger partial charge in [0, 0.05) is 11.6 Å². The van der Waals surface area contributed by atoms with E-state index in [4.69, 9.17) is 39.9 Å². The molecule has 1 unspecified atom stereocenters. The van der Waals surface area contributed by atoms with Crippen LogP contribution in [0.4, 0.5) is 14.5 Å². The number of carbonyl (C=O) groups excluding carboxylic acids is 1. The number of hydrogen-bond donors (Lipinski definition) is 2. The van der Waals surface area contributed by atoms with Gasteiger partial charge in [0.2, 0.25) is 5.91 Å². The second kappa shape index (κ2) is 6.93. The smallest absolute Gasteiger partial charge is 0.336 e. The molecule has 27 heavy (non-hydrogen) atoms. The van der Waals surface area contributed by atoms with Crippen molar-refractivity contribution in [3.05, 3.63) is 63.7 Å². The van der Waals surface area contributed by atoms with Gasteiger partial charge in [-0.25, -0.2) is 13.6 Å². The van der Waals surface area contributed by atoms with Crippen LogP contribution in [0.3, 0.4) is 0 Å². The van der Waals surface area contributed by atoms with Crippen molar-refractivity contribution in [3.8, 4) is 0 Å². The van der Waals surface area contributed by atoms with Crippen LogP contribution >= 0.6 is 34.8 Å². The Morgan fingerprint density at radius 2 is 1.81 bits per heavy atom. The molecule has 0 bridgehead atoms. The standard InChI is InChI=1S/C18H12Cl3F2NO3/c1-7-10(17(26)27)5-9(6-13(7)23)24-16(25)15-14(18(15,20)21)8-2-3-12(22)11(19)4-8/h2-6,14-15H,1H3,(H,24,25)(H,26,27)/t14-,15?/m1/s1. The van der Waals surface area contributed by atoms with Crippen molar-refractivity contribution < 1.29 is 23.5 Å². The zero-order valence-corrected chi connectivity index (χ0v) is 16.0. The van der Waals surface area contributed by atoms with E-state index in [1.54, 1.807) is 0 Å². The van der Waals surface area contributed by atoms with E-state index in [2.05, 4.69) is 5.32 Å². The van der Waals surface area contributed by atoms with E-state index in [0.717, 1.165) is 18.2 Å². The maximum Gasteiger partial charge on any atom is 0.336 e. The molecule has 2 N–H and O–H groups in total. The second-order valence-electron chi connectivity index (χ2n) is 6.23. The molecule has 142 valence electrons. The average Bonchev–Trinajstić information content (AvgIpc) is 3.15. The third-order valence-electron chi connectivity index (χ3n) is 4.48. The summed E-state index contributed by atoms with van der Waals surface area (Å²) in [7, 11) is 0. The monoisotopic (exact) mass is 433 g/mol. The van der Waals surface area contributed by atoms with Crippen LogP contribution in [0.5, 0.6) is 0 Å². The minimum absolute atomic E-state index is 0.0348. The number of hydrogen-bond acceptors (Lipinski definition) is 2. The Kier molecular flexibility index (Phi) is 5.10. The number of carbonyl (C=O) groups is 2. The maximum atomic E-state index is 13.9. The van der Waals surface area contributed by atoms with Gasteiger partial charge in [-0.3, -0.25) is 4.79 Å². The number of amides is 1. The predicted octanol–water partition coefficient (Wildman–Crippen LogP) is 5.15. The van der Waals surface area contributed by atoms with Crippen molar-refractivity contribution >= 4 is 52.4 Å². The van der Waals surface area contributed by atoms with Gasteiger partial charge in [-0.2, -0.15) is 0 Å². The highest BCUT2D eigenvalue weighted by molar-refractivity contribution is 6.53. The van der Waals surface area contributed by atoms with E-state index in [1.165, 1.54) is 19.1 Å². The van der Waals surface area contributed by atoms with E-state index < -0.39 is 39.7 Å². The molecule has 2 aromatic carbocycles. The van der Waals surface area contributed by atoms with Crippen LogP contribution in [0, 0.1) is 24.5 Å². The number of carboxylic acid groups (broad SMARTS) is 1. The molecule has 1 aliphatic rings. The molecule has 4 nitrogen and oxygen atoms in total. The number of rotatable bonds is 4. The predicted molar refractivity (Wildman–Crippen MR) is 98.8 cm³/mol. The summed E-state index contributed by atoms with van der Waals surface area (Å²) in [6.45, 7) is 1.32. The minimum atomic E-state index is -1.45. The SMILES string of the molecule is Cc1c(F)cc(NC(=O)C2[C@@H](c3ccc(F)c(Cl)c3)C2(Cl)Cl)cc1C(=O)O. The summed E-state index contributed by atoms with van der Waals surface area (Å²) in [5.41, 5.74) is 0.126. The molecule has 9 heteroatoms. The van der Waals surface area contributed by atoms with E-state index >= 15 is 0 Å². The topological polar surface area (TPSA) is 66.4 Å². The normalized spacial score (nSPS) is 20.2. The highest BCUT2D eigenvalue weighted by Gasteiger charge is 2.67. The lowest BCUT2D eigenvalue weighted by Crippen LogP contribution is -2.18. The van der Waals surface area contributed by atoms with Gasteiger partial charge >= 0.3 is 5.97 Å². The van der Waals surface area contributed by atoms with Crippen LogP contribution in [0.25, 0.3) is 0 Å². The molecule has 1 aliphatic carbocycles. The third kappa shape index (κ3) is 3.61.